The van der Waals surface area contributed by atoms with Crippen LogP contribution < -0.4 is 4.90 Å². The number of anilines is 2. The molecule has 2 aromatic rings. The molecule has 4 nitrogen and oxygen atoms in total. The van der Waals surface area contributed by atoms with Crippen molar-refractivity contribution in [1.29, 1.82) is 0 Å². The van der Waals surface area contributed by atoms with E-state index in [0.717, 1.165) is 18.9 Å². The zero-order chi connectivity index (χ0) is 14.8. The summed E-state index contributed by atoms with van der Waals surface area (Å²) in [5.41, 5.74) is 1.17. The van der Waals surface area contributed by atoms with Crippen molar-refractivity contribution in [3.63, 3.8) is 0 Å². The number of fused-ring (bicyclic) bond motifs is 2. The van der Waals surface area contributed by atoms with Crippen molar-refractivity contribution in [2.24, 2.45) is 5.92 Å². The lowest BCUT2D eigenvalue weighted by Gasteiger charge is -2.33. The third-order valence-electron chi connectivity index (χ3n) is 3.45. The molecule has 3 rings (SSSR count). The highest BCUT2D eigenvalue weighted by Crippen LogP contribution is 2.46. The summed E-state index contributed by atoms with van der Waals surface area (Å²) in [5, 5.41) is 0. The first-order valence-electron chi connectivity index (χ1n) is 7.14. The van der Waals surface area contributed by atoms with Crippen LogP contribution in [0.3, 0.4) is 0 Å². The van der Waals surface area contributed by atoms with E-state index in [9.17, 15) is 0 Å². The SMILES string of the molecule is CC(CN(C)C)CN1c2cnccc2Sc2cccnc21. The monoisotopic (exact) mass is 300 g/mol. The molecule has 0 spiro atoms. The molecule has 0 bridgehead atoms. The second kappa shape index (κ2) is 6.03. The van der Waals surface area contributed by atoms with Crippen LogP contribution in [0.5, 0.6) is 0 Å². The van der Waals surface area contributed by atoms with E-state index in [0.29, 0.717) is 5.92 Å². The van der Waals surface area contributed by atoms with Crippen molar-refractivity contribution in [3.05, 3.63) is 36.8 Å². The number of hydrogen-bond acceptors (Lipinski definition) is 5. The molecule has 0 saturated heterocycles. The molecule has 0 N–H and O–H groups in total. The number of pyridine rings is 2. The van der Waals surface area contributed by atoms with Crippen molar-refractivity contribution in [1.82, 2.24) is 14.9 Å². The Morgan fingerprint density at radius 1 is 1.24 bits per heavy atom. The summed E-state index contributed by atoms with van der Waals surface area (Å²) in [6.45, 7) is 4.28. The second-order valence-electron chi connectivity index (χ2n) is 5.75. The highest BCUT2D eigenvalue weighted by Gasteiger charge is 2.25. The molecular formula is C16H20N4S. The van der Waals surface area contributed by atoms with Gasteiger partial charge in [0.15, 0.2) is 0 Å². The van der Waals surface area contributed by atoms with E-state index in [1.54, 1.807) is 11.8 Å². The molecular weight excluding hydrogens is 280 g/mol. The zero-order valence-corrected chi connectivity index (χ0v) is 13.5. The molecule has 2 aromatic heterocycles. The molecule has 0 aliphatic carbocycles. The molecule has 0 amide bonds. The van der Waals surface area contributed by atoms with E-state index in [1.807, 2.05) is 24.7 Å². The lowest BCUT2D eigenvalue weighted by atomic mass is 10.1. The Labute approximate surface area is 130 Å². The van der Waals surface area contributed by atoms with Crippen molar-refractivity contribution in [2.45, 2.75) is 16.7 Å². The topological polar surface area (TPSA) is 32.3 Å². The van der Waals surface area contributed by atoms with Gasteiger partial charge in [-0.05, 0) is 38.2 Å². The van der Waals surface area contributed by atoms with Crippen LogP contribution in [-0.2, 0) is 0 Å². The maximum absolute atomic E-state index is 4.60. The van der Waals surface area contributed by atoms with Crippen molar-refractivity contribution < 1.29 is 0 Å². The molecule has 110 valence electrons. The van der Waals surface area contributed by atoms with Crippen molar-refractivity contribution >= 4 is 23.3 Å². The fourth-order valence-corrected chi connectivity index (χ4v) is 3.77. The van der Waals surface area contributed by atoms with E-state index >= 15 is 0 Å². The molecule has 1 unspecified atom stereocenters. The van der Waals surface area contributed by atoms with Crippen molar-refractivity contribution in [2.75, 3.05) is 32.1 Å². The van der Waals surface area contributed by atoms with Crippen LogP contribution in [0.15, 0.2) is 46.6 Å². The number of aromatic nitrogens is 2. The standard InChI is InChI=1S/C16H20N4S/c1-12(10-19(2)3)11-20-13-9-17-8-6-14(13)21-15-5-4-7-18-16(15)20/h4-9,12H,10-11H2,1-3H3. The van der Waals surface area contributed by atoms with Gasteiger partial charge in [-0.25, -0.2) is 4.98 Å². The van der Waals surface area contributed by atoms with Gasteiger partial charge in [0.1, 0.15) is 5.82 Å². The minimum atomic E-state index is 0.547. The summed E-state index contributed by atoms with van der Waals surface area (Å²) < 4.78 is 0. The van der Waals surface area contributed by atoms with Gasteiger partial charge in [0.2, 0.25) is 0 Å². The summed E-state index contributed by atoms with van der Waals surface area (Å²) in [7, 11) is 4.23. The Hall–Kier alpha value is -1.59. The molecule has 1 aliphatic heterocycles. The average Bonchev–Trinajstić information content (AvgIpc) is 2.46. The summed E-state index contributed by atoms with van der Waals surface area (Å²) >= 11 is 1.77. The van der Waals surface area contributed by atoms with Crippen LogP contribution in [0.1, 0.15) is 6.92 Å². The first kappa shape index (κ1) is 14.4. The zero-order valence-electron chi connectivity index (χ0n) is 12.7. The van der Waals surface area contributed by atoms with Gasteiger partial charge in [0.05, 0.1) is 16.8 Å². The molecule has 1 atom stereocenters. The van der Waals surface area contributed by atoms with Gasteiger partial charge in [0.25, 0.3) is 0 Å². The first-order valence-corrected chi connectivity index (χ1v) is 7.96. The summed E-state index contributed by atoms with van der Waals surface area (Å²) in [5.74, 6) is 1.60. The third kappa shape index (κ3) is 3.04. The normalized spacial score (nSPS) is 14.8. The molecule has 21 heavy (non-hydrogen) atoms. The van der Waals surface area contributed by atoms with Crippen LogP contribution in [0, 0.1) is 5.92 Å². The summed E-state index contributed by atoms with van der Waals surface area (Å²) in [4.78, 5) is 15.9. The van der Waals surface area contributed by atoms with E-state index < -0.39 is 0 Å². The number of nitrogens with zero attached hydrogens (tertiary/aromatic N) is 4. The van der Waals surface area contributed by atoms with Crippen molar-refractivity contribution in [3.8, 4) is 0 Å². The highest BCUT2D eigenvalue weighted by atomic mass is 32.2. The maximum atomic E-state index is 4.60. The maximum Gasteiger partial charge on any atom is 0.147 e. The van der Waals surface area contributed by atoms with E-state index in [-0.39, 0.29) is 0 Å². The van der Waals surface area contributed by atoms with Crippen LogP contribution in [-0.4, -0.2) is 42.1 Å². The van der Waals surface area contributed by atoms with E-state index in [4.69, 9.17) is 0 Å². The highest BCUT2D eigenvalue weighted by molar-refractivity contribution is 7.99. The van der Waals surface area contributed by atoms with Gasteiger partial charge in [-0.1, -0.05) is 18.7 Å². The molecule has 0 saturated carbocycles. The van der Waals surface area contributed by atoms with Gasteiger partial charge in [-0.2, -0.15) is 0 Å². The van der Waals surface area contributed by atoms with Crippen LogP contribution in [0.25, 0.3) is 0 Å². The Kier molecular flexibility index (Phi) is 4.12. The summed E-state index contributed by atoms with van der Waals surface area (Å²) in [6.07, 6.45) is 5.67. The average molecular weight is 300 g/mol. The molecule has 0 radical (unpaired) electrons. The Bertz CT molecular complexity index is 584. The molecule has 1 aliphatic rings. The largest absolute Gasteiger partial charge is 0.323 e. The third-order valence-corrected chi connectivity index (χ3v) is 4.55. The second-order valence-corrected chi connectivity index (χ2v) is 6.83. The van der Waals surface area contributed by atoms with Gasteiger partial charge in [-0.3, -0.25) is 4.98 Å². The van der Waals surface area contributed by atoms with Gasteiger partial charge >= 0.3 is 0 Å². The Morgan fingerprint density at radius 3 is 2.90 bits per heavy atom. The quantitative estimate of drug-likeness (QED) is 0.865. The summed E-state index contributed by atoms with van der Waals surface area (Å²) in [6, 6.07) is 6.22. The van der Waals surface area contributed by atoms with E-state index in [2.05, 4.69) is 52.9 Å². The lowest BCUT2D eigenvalue weighted by molar-refractivity contribution is 0.342. The smallest absolute Gasteiger partial charge is 0.147 e. The first-order chi connectivity index (χ1) is 10.1. The van der Waals surface area contributed by atoms with Crippen LogP contribution >= 0.6 is 11.8 Å². The molecule has 5 heteroatoms. The Balaban J connectivity index is 1.95. The number of rotatable bonds is 4. The van der Waals surface area contributed by atoms with Crippen LogP contribution in [0.4, 0.5) is 11.5 Å². The molecule has 0 fully saturated rings. The minimum Gasteiger partial charge on any atom is -0.323 e. The fourth-order valence-electron chi connectivity index (χ4n) is 2.74. The van der Waals surface area contributed by atoms with Crippen LogP contribution in [0.2, 0.25) is 0 Å². The minimum absolute atomic E-state index is 0.547. The lowest BCUT2D eigenvalue weighted by Crippen LogP contribution is -2.32. The van der Waals surface area contributed by atoms with Gasteiger partial charge < -0.3 is 9.80 Å². The molecule has 3 heterocycles. The van der Waals surface area contributed by atoms with E-state index in [1.165, 1.54) is 15.5 Å². The van der Waals surface area contributed by atoms with Gasteiger partial charge in [0, 0.05) is 30.4 Å². The predicted molar refractivity (Wildman–Crippen MR) is 87.3 cm³/mol. The molecule has 0 aromatic carbocycles. The fraction of sp³-hybridized carbons (Fsp3) is 0.375. The predicted octanol–water partition coefficient (Wildman–Crippen LogP) is 3.28. The Morgan fingerprint density at radius 2 is 2.10 bits per heavy atom. The van der Waals surface area contributed by atoms with Gasteiger partial charge in [-0.15, -0.1) is 0 Å². The number of hydrogen-bond donors (Lipinski definition) is 0.